The van der Waals surface area contributed by atoms with Crippen molar-refractivity contribution in [3.05, 3.63) is 35.5 Å². The van der Waals surface area contributed by atoms with Crippen LogP contribution in [0.2, 0.25) is 0 Å². The van der Waals surface area contributed by atoms with E-state index in [-0.39, 0.29) is 30.4 Å². The molecule has 7 nitrogen and oxygen atoms in total. The minimum Gasteiger partial charge on any atom is -0.484 e. The number of hydrogen-bond donors (Lipinski definition) is 0. The summed E-state index contributed by atoms with van der Waals surface area (Å²) in [5.74, 6) is -1.52. The van der Waals surface area contributed by atoms with Crippen LogP contribution in [0, 0.1) is 0 Å². The molecule has 0 bridgehead atoms. The van der Waals surface area contributed by atoms with E-state index in [1.807, 2.05) is 0 Å². The Balaban J connectivity index is 2.30. The average molecular weight is 375 g/mol. The van der Waals surface area contributed by atoms with Gasteiger partial charge in [0.25, 0.3) is 0 Å². The molecule has 0 unspecified atom stereocenters. The predicted molar refractivity (Wildman–Crippen MR) is 82.3 cm³/mol. The zero-order valence-corrected chi connectivity index (χ0v) is 14.0. The van der Waals surface area contributed by atoms with E-state index in [2.05, 4.69) is 9.47 Å². The van der Waals surface area contributed by atoms with Crippen LogP contribution in [0.1, 0.15) is 0 Å². The van der Waals surface area contributed by atoms with Crippen LogP contribution in [-0.4, -0.2) is 52.3 Å². The van der Waals surface area contributed by atoms with Crippen LogP contribution in [0.5, 0.6) is 5.75 Å². The largest absolute Gasteiger partial charge is 0.484 e. The number of methoxy groups -OCH3 is 2. The van der Waals surface area contributed by atoms with Gasteiger partial charge < -0.3 is 23.8 Å². The van der Waals surface area contributed by atoms with Crippen molar-refractivity contribution in [2.24, 2.45) is 0 Å². The van der Waals surface area contributed by atoms with Gasteiger partial charge in [0.2, 0.25) is 0 Å². The van der Waals surface area contributed by atoms with Crippen molar-refractivity contribution in [2.45, 2.75) is 6.18 Å². The highest BCUT2D eigenvalue weighted by molar-refractivity contribution is 6.03. The molecule has 142 valence electrons. The van der Waals surface area contributed by atoms with E-state index >= 15 is 0 Å². The maximum Gasteiger partial charge on any atom is 0.422 e. The normalized spacial score (nSPS) is 14.9. The van der Waals surface area contributed by atoms with E-state index in [4.69, 9.17) is 9.47 Å². The van der Waals surface area contributed by atoms with Crippen molar-refractivity contribution in [3.8, 4) is 5.75 Å². The lowest BCUT2D eigenvalue weighted by molar-refractivity contribution is -0.153. The van der Waals surface area contributed by atoms with Gasteiger partial charge in [-0.25, -0.2) is 9.59 Å². The van der Waals surface area contributed by atoms with Crippen LogP contribution in [0.25, 0.3) is 0 Å². The Morgan fingerprint density at radius 1 is 1.12 bits per heavy atom. The highest BCUT2D eigenvalue weighted by atomic mass is 19.4. The van der Waals surface area contributed by atoms with Gasteiger partial charge in [-0.2, -0.15) is 13.2 Å². The Kier molecular flexibility index (Phi) is 6.09. The molecule has 0 spiro atoms. The van der Waals surface area contributed by atoms with Crippen molar-refractivity contribution in [1.82, 2.24) is 0 Å². The minimum absolute atomic E-state index is 0.000733. The molecule has 1 aliphatic rings. The molecule has 1 heterocycles. The lowest BCUT2D eigenvalue weighted by atomic mass is 10.1. The Labute approximate surface area is 146 Å². The van der Waals surface area contributed by atoms with Gasteiger partial charge in [0.15, 0.2) is 6.61 Å². The molecule has 2 rings (SSSR count). The Bertz CT molecular complexity index is 699. The third kappa shape index (κ3) is 4.66. The summed E-state index contributed by atoms with van der Waals surface area (Å²) in [7, 11) is 2.32. The van der Waals surface area contributed by atoms with Crippen LogP contribution in [0.4, 0.5) is 18.9 Å². The van der Waals surface area contributed by atoms with Gasteiger partial charge in [-0.1, -0.05) is 0 Å². The second-order valence-corrected chi connectivity index (χ2v) is 5.11. The minimum atomic E-state index is -4.45. The predicted octanol–water partition coefficient (Wildman–Crippen LogP) is 2.02. The van der Waals surface area contributed by atoms with Crippen LogP contribution >= 0.6 is 0 Å². The van der Waals surface area contributed by atoms with Crippen LogP contribution in [0.3, 0.4) is 0 Å². The number of hydrogen-bond acceptors (Lipinski definition) is 7. The van der Waals surface area contributed by atoms with Crippen LogP contribution in [0.15, 0.2) is 35.5 Å². The van der Waals surface area contributed by atoms with E-state index in [0.29, 0.717) is 5.69 Å². The van der Waals surface area contributed by atoms with Gasteiger partial charge in [0.1, 0.15) is 18.2 Å². The van der Waals surface area contributed by atoms with E-state index < -0.39 is 24.7 Å². The van der Waals surface area contributed by atoms with Gasteiger partial charge >= 0.3 is 18.1 Å². The second-order valence-electron chi connectivity index (χ2n) is 5.11. The third-order valence-electron chi connectivity index (χ3n) is 3.38. The second kappa shape index (κ2) is 8.09. The van der Waals surface area contributed by atoms with E-state index in [9.17, 15) is 22.8 Å². The number of carbonyl (C=O) groups excluding carboxylic acids is 2. The van der Waals surface area contributed by atoms with Crippen LogP contribution < -0.4 is 9.64 Å². The first kappa shape index (κ1) is 19.6. The Hall–Kier alpha value is -2.75. The molecule has 0 saturated heterocycles. The molecule has 26 heavy (non-hydrogen) atoms. The van der Waals surface area contributed by atoms with E-state index in [1.165, 1.54) is 29.2 Å². The summed E-state index contributed by atoms with van der Waals surface area (Å²) >= 11 is 0. The maximum absolute atomic E-state index is 12.2. The molecule has 0 fully saturated rings. The van der Waals surface area contributed by atoms with E-state index in [0.717, 1.165) is 14.2 Å². The van der Waals surface area contributed by atoms with E-state index in [1.54, 1.807) is 0 Å². The fourth-order valence-corrected chi connectivity index (χ4v) is 2.23. The summed E-state index contributed by atoms with van der Waals surface area (Å²) in [6.07, 6.45) is -4.45. The molecule has 1 aromatic rings. The smallest absolute Gasteiger partial charge is 0.422 e. The first-order chi connectivity index (χ1) is 12.3. The molecule has 0 saturated carbocycles. The summed E-state index contributed by atoms with van der Waals surface area (Å²) in [5, 5.41) is 0. The fourth-order valence-electron chi connectivity index (χ4n) is 2.23. The monoisotopic (exact) mass is 375 g/mol. The first-order valence-electron chi connectivity index (χ1n) is 7.31. The van der Waals surface area contributed by atoms with Crippen molar-refractivity contribution in [1.29, 1.82) is 0 Å². The van der Waals surface area contributed by atoms with Crippen molar-refractivity contribution in [2.75, 3.05) is 39.1 Å². The first-order valence-corrected chi connectivity index (χ1v) is 7.31. The summed E-state index contributed by atoms with van der Waals surface area (Å²) < 4.78 is 55.9. The van der Waals surface area contributed by atoms with Gasteiger partial charge in [0.05, 0.1) is 26.4 Å². The number of halogens is 3. The van der Waals surface area contributed by atoms with Gasteiger partial charge in [0, 0.05) is 5.69 Å². The summed E-state index contributed by atoms with van der Waals surface area (Å²) in [4.78, 5) is 25.4. The summed E-state index contributed by atoms with van der Waals surface area (Å²) in [6, 6.07) is 5.47. The molecular weight excluding hydrogens is 359 g/mol. The number of rotatable bonds is 5. The lowest BCUT2D eigenvalue weighted by Crippen LogP contribution is -2.38. The summed E-state index contributed by atoms with van der Waals surface area (Å²) in [5.41, 5.74) is 0.309. The summed E-state index contributed by atoms with van der Waals surface area (Å²) in [6.45, 7) is -1.62. The highest BCUT2D eigenvalue weighted by Gasteiger charge is 2.32. The lowest BCUT2D eigenvalue weighted by Gasteiger charge is -2.31. The quantitative estimate of drug-likeness (QED) is 0.729. The number of anilines is 1. The molecule has 0 amide bonds. The van der Waals surface area contributed by atoms with Gasteiger partial charge in [-0.15, -0.1) is 0 Å². The van der Waals surface area contributed by atoms with Crippen LogP contribution in [-0.2, 0) is 23.8 Å². The zero-order valence-electron chi connectivity index (χ0n) is 14.0. The highest BCUT2D eigenvalue weighted by Crippen LogP contribution is 2.28. The number of ether oxygens (including phenoxy) is 4. The number of alkyl halides is 3. The average Bonchev–Trinajstić information content (AvgIpc) is 2.64. The SMILES string of the molecule is COC(=O)C1=C(C(=O)OC)N(c2ccc(OCC(F)(F)F)cc2)COC1. The van der Waals surface area contributed by atoms with Crippen molar-refractivity contribution in [3.63, 3.8) is 0 Å². The molecule has 10 heteroatoms. The zero-order chi connectivity index (χ0) is 19.3. The fraction of sp³-hybridized carbons (Fsp3) is 0.375. The molecule has 0 atom stereocenters. The molecule has 1 aliphatic heterocycles. The van der Waals surface area contributed by atoms with Crippen molar-refractivity contribution < 1.29 is 41.7 Å². The Morgan fingerprint density at radius 2 is 1.73 bits per heavy atom. The standard InChI is InChI=1S/C16H16F3NO6/c1-23-14(21)12-7-25-9-20(13(12)15(22)24-2)10-3-5-11(6-4-10)26-8-16(17,18)19/h3-6H,7-9H2,1-2H3. The molecule has 0 N–H and O–H groups in total. The van der Waals surface area contributed by atoms with Gasteiger partial charge in [-0.05, 0) is 24.3 Å². The molecule has 0 radical (unpaired) electrons. The third-order valence-corrected chi connectivity index (χ3v) is 3.38. The van der Waals surface area contributed by atoms with Crippen molar-refractivity contribution >= 4 is 17.6 Å². The maximum atomic E-state index is 12.2. The molecule has 0 aromatic heterocycles. The number of esters is 2. The Morgan fingerprint density at radius 3 is 2.27 bits per heavy atom. The molecular formula is C16H16F3NO6. The topological polar surface area (TPSA) is 74.3 Å². The van der Waals surface area contributed by atoms with Gasteiger partial charge in [-0.3, -0.25) is 0 Å². The molecule has 0 aliphatic carbocycles. The number of carbonyl (C=O) groups is 2. The molecule has 1 aromatic carbocycles. The number of benzene rings is 1. The number of nitrogens with zero attached hydrogens (tertiary/aromatic N) is 1.